The quantitative estimate of drug-likeness (QED) is 0.580. The number of carbonyl (C=O) groups excluding carboxylic acids is 2. The molecule has 0 bridgehead atoms. The molecule has 29 heavy (non-hydrogen) atoms. The summed E-state index contributed by atoms with van der Waals surface area (Å²) in [7, 11) is 0. The topological polar surface area (TPSA) is 49.9 Å². The predicted molar refractivity (Wildman–Crippen MR) is 115 cm³/mol. The highest BCUT2D eigenvalue weighted by molar-refractivity contribution is 6.32. The third-order valence-corrected chi connectivity index (χ3v) is 6.42. The van der Waals surface area contributed by atoms with Crippen LogP contribution in [-0.4, -0.2) is 54.4 Å². The average molecular weight is 421 g/mol. The van der Waals surface area contributed by atoms with Crippen LogP contribution >= 0.6 is 11.6 Å². The second kappa shape index (κ2) is 11.4. The largest absolute Gasteiger partial charge is 0.492 e. The van der Waals surface area contributed by atoms with Crippen LogP contribution in [0, 0.1) is 5.92 Å². The van der Waals surface area contributed by atoms with E-state index in [1.807, 2.05) is 28.0 Å². The molecular formula is C23H33ClN2O3. The van der Waals surface area contributed by atoms with Crippen LogP contribution in [-0.2, 0) is 9.59 Å². The number of piperazine rings is 1. The molecular weight excluding hydrogens is 388 g/mol. The lowest BCUT2D eigenvalue weighted by molar-refractivity contribution is -0.139. The van der Waals surface area contributed by atoms with Gasteiger partial charge in [-0.15, -0.1) is 0 Å². The molecule has 1 aromatic rings. The van der Waals surface area contributed by atoms with Gasteiger partial charge in [-0.05, 0) is 30.9 Å². The molecule has 5 nitrogen and oxygen atoms in total. The maximum Gasteiger partial charge on any atom is 0.222 e. The van der Waals surface area contributed by atoms with E-state index in [1.54, 1.807) is 6.07 Å². The Bertz CT molecular complexity index is 668. The molecule has 1 aliphatic carbocycles. The van der Waals surface area contributed by atoms with Gasteiger partial charge in [0.2, 0.25) is 11.8 Å². The van der Waals surface area contributed by atoms with E-state index in [1.165, 1.54) is 32.1 Å². The van der Waals surface area contributed by atoms with Crippen molar-refractivity contribution in [3.8, 4) is 5.75 Å². The van der Waals surface area contributed by atoms with Gasteiger partial charge in [-0.2, -0.15) is 0 Å². The fourth-order valence-corrected chi connectivity index (χ4v) is 4.48. The van der Waals surface area contributed by atoms with E-state index in [-0.39, 0.29) is 11.8 Å². The Hall–Kier alpha value is -1.75. The molecule has 0 spiro atoms. The summed E-state index contributed by atoms with van der Waals surface area (Å²) in [5.74, 6) is 1.79. The van der Waals surface area contributed by atoms with E-state index in [2.05, 4.69) is 0 Å². The van der Waals surface area contributed by atoms with Crippen LogP contribution in [0.15, 0.2) is 24.3 Å². The summed E-state index contributed by atoms with van der Waals surface area (Å²) in [6, 6.07) is 7.36. The van der Waals surface area contributed by atoms with Crippen molar-refractivity contribution < 1.29 is 14.3 Å². The molecule has 6 heteroatoms. The van der Waals surface area contributed by atoms with Crippen molar-refractivity contribution in [3.05, 3.63) is 29.3 Å². The molecule has 0 unspecified atom stereocenters. The Morgan fingerprint density at radius 3 is 2.21 bits per heavy atom. The first kappa shape index (κ1) is 21.9. The van der Waals surface area contributed by atoms with Crippen LogP contribution in [0.3, 0.4) is 0 Å². The molecule has 0 radical (unpaired) electrons. The van der Waals surface area contributed by atoms with Gasteiger partial charge in [0.25, 0.3) is 0 Å². The zero-order valence-electron chi connectivity index (χ0n) is 17.3. The van der Waals surface area contributed by atoms with Crippen LogP contribution in [0.5, 0.6) is 5.75 Å². The Morgan fingerprint density at radius 1 is 0.931 bits per heavy atom. The van der Waals surface area contributed by atoms with Crippen molar-refractivity contribution in [2.75, 3.05) is 32.8 Å². The van der Waals surface area contributed by atoms with Gasteiger partial charge in [-0.1, -0.05) is 55.8 Å². The van der Waals surface area contributed by atoms with E-state index in [4.69, 9.17) is 16.3 Å². The molecule has 1 saturated heterocycles. The van der Waals surface area contributed by atoms with E-state index < -0.39 is 0 Å². The van der Waals surface area contributed by atoms with Crippen LogP contribution in [0.25, 0.3) is 0 Å². The number of rotatable bonds is 8. The maximum absolute atomic E-state index is 12.5. The smallest absolute Gasteiger partial charge is 0.222 e. The highest BCUT2D eigenvalue weighted by Crippen LogP contribution is 2.27. The Labute approximate surface area is 179 Å². The van der Waals surface area contributed by atoms with E-state index in [0.717, 1.165) is 12.3 Å². The average Bonchev–Trinajstić information content (AvgIpc) is 2.77. The lowest BCUT2D eigenvalue weighted by Gasteiger charge is -2.35. The van der Waals surface area contributed by atoms with Crippen LogP contribution in [0.2, 0.25) is 5.02 Å². The zero-order chi connectivity index (χ0) is 20.5. The first-order chi connectivity index (χ1) is 14.1. The minimum absolute atomic E-state index is 0.141. The van der Waals surface area contributed by atoms with Crippen LogP contribution in [0.1, 0.15) is 57.8 Å². The highest BCUT2D eigenvalue weighted by Gasteiger charge is 2.24. The highest BCUT2D eigenvalue weighted by atomic mass is 35.5. The Morgan fingerprint density at radius 2 is 1.55 bits per heavy atom. The minimum atomic E-state index is 0.141. The van der Waals surface area contributed by atoms with E-state index in [0.29, 0.717) is 62.8 Å². The number of halogens is 1. The van der Waals surface area contributed by atoms with Gasteiger partial charge in [0.05, 0.1) is 11.6 Å². The third kappa shape index (κ3) is 6.91. The van der Waals surface area contributed by atoms with Crippen molar-refractivity contribution in [1.29, 1.82) is 0 Å². The molecule has 160 valence electrons. The first-order valence-electron chi connectivity index (χ1n) is 11.1. The fourth-order valence-electron chi connectivity index (χ4n) is 4.29. The number of ether oxygens (including phenoxy) is 1. The van der Waals surface area contributed by atoms with Gasteiger partial charge in [-0.3, -0.25) is 9.59 Å². The third-order valence-electron chi connectivity index (χ3n) is 6.11. The summed E-state index contributed by atoms with van der Waals surface area (Å²) >= 11 is 6.06. The van der Waals surface area contributed by atoms with Crippen molar-refractivity contribution in [2.45, 2.75) is 57.8 Å². The molecule has 0 N–H and O–H groups in total. The molecule has 0 atom stereocenters. The van der Waals surface area contributed by atoms with Crippen molar-refractivity contribution >= 4 is 23.4 Å². The molecule has 1 saturated carbocycles. The number of hydrogen-bond donors (Lipinski definition) is 0. The lowest BCUT2D eigenvalue weighted by atomic mass is 9.86. The summed E-state index contributed by atoms with van der Waals surface area (Å²) in [5, 5.41) is 0.586. The SMILES string of the molecule is O=C(CCCOc1ccccc1Cl)N1CCN(C(=O)CCC2CCCCC2)CC1. The molecule has 3 rings (SSSR count). The standard InChI is InChI=1S/C23H33ClN2O3/c24-20-9-4-5-10-21(20)29-18-6-11-22(27)25-14-16-26(17-15-25)23(28)13-12-19-7-2-1-3-8-19/h4-5,9-10,19H,1-3,6-8,11-18H2. The van der Waals surface area contributed by atoms with Crippen LogP contribution < -0.4 is 4.74 Å². The number of amides is 2. The van der Waals surface area contributed by atoms with Gasteiger partial charge in [0, 0.05) is 39.0 Å². The van der Waals surface area contributed by atoms with Gasteiger partial charge in [0.15, 0.2) is 0 Å². The summed E-state index contributed by atoms with van der Waals surface area (Å²) < 4.78 is 5.64. The van der Waals surface area contributed by atoms with Gasteiger partial charge in [0.1, 0.15) is 5.75 Å². The van der Waals surface area contributed by atoms with E-state index in [9.17, 15) is 9.59 Å². The Balaban J connectivity index is 1.29. The molecule has 2 amide bonds. The van der Waals surface area contributed by atoms with Gasteiger partial charge >= 0.3 is 0 Å². The predicted octanol–water partition coefficient (Wildman–Crippen LogP) is 4.53. The Kier molecular flexibility index (Phi) is 8.66. The van der Waals surface area contributed by atoms with Crippen molar-refractivity contribution in [2.24, 2.45) is 5.92 Å². The van der Waals surface area contributed by atoms with Gasteiger partial charge < -0.3 is 14.5 Å². The molecule has 1 heterocycles. The second-order valence-corrected chi connectivity index (χ2v) is 8.59. The van der Waals surface area contributed by atoms with Crippen molar-refractivity contribution in [1.82, 2.24) is 9.80 Å². The molecule has 0 aromatic heterocycles. The summed E-state index contributed by atoms with van der Waals surface area (Å²) in [4.78, 5) is 28.7. The van der Waals surface area contributed by atoms with Gasteiger partial charge in [-0.25, -0.2) is 0 Å². The summed E-state index contributed by atoms with van der Waals surface area (Å²) in [5.41, 5.74) is 0. The number of nitrogens with zero attached hydrogens (tertiary/aromatic N) is 2. The minimum Gasteiger partial charge on any atom is -0.492 e. The summed E-state index contributed by atoms with van der Waals surface area (Å²) in [6.45, 7) is 3.06. The second-order valence-electron chi connectivity index (χ2n) is 8.19. The monoisotopic (exact) mass is 420 g/mol. The lowest BCUT2D eigenvalue weighted by Crippen LogP contribution is -2.50. The van der Waals surface area contributed by atoms with Crippen molar-refractivity contribution in [3.63, 3.8) is 0 Å². The number of para-hydroxylation sites is 1. The maximum atomic E-state index is 12.5. The number of benzene rings is 1. The first-order valence-corrected chi connectivity index (χ1v) is 11.4. The fraction of sp³-hybridized carbons (Fsp3) is 0.652. The molecule has 2 aliphatic rings. The summed E-state index contributed by atoms with van der Waals surface area (Å²) in [6.07, 6.45) is 9.39. The normalized spacial score (nSPS) is 18.0. The number of carbonyl (C=O) groups is 2. The van der Waals surface area contributed by atoms with Crippen LogP contribution in [0.4, 0.5) is 0 Å². The zero-order valence-corrected chi connectivity index (χ0v) is 18.0. The molecule has 2 fully saturated rings. The van der Waals surface area contributed by atoms with E-state index >= 15 is 0 Å². The number of hydrogen-bond acceptors (Lipinski definition) is 3. The molecule has 1 aromatic carbocycles. The molecule has 1 aliphatic heterocycles.